The lowest BCUT2D eigenvalue weighted by atomic mass is 10.2. The molecule has 0 saturated heterocycles. The molecule has 1 rings (SSSR count). The summed E-state index contributed by atoms with van der Waals surface area (Å²) in [6.45, 7) is 21.9. The first-order valence-electron chi connectivity index (χ1n) is 9.05. The normalized spacial score (nSPS) is 15.1. The minimum absolute atomic E-state index is 0.00181. The zero-order valence-corrected chi connectivity index (χ0v) is 19.7. The molecule has 25 heavy (non-hydrogen) atoms. The molecule has 0 aliphatic carbocycles. The SMILES string of the molecule is CC(C)(C)[Si](C)(C)N[C@@H](Cc1cnc[nH]1)C(=O)O[Si](C)(C)C(C)(C)C. The second-order valence-electron chi connectivity index (χ2n) is 10.0. The standard InChI is InChI=1S/C18H37N3O2Si2/c1-17(2,3)24(7,8)21-15(11-14-12-19-13-20-14)16(22)23-25(9,10)18(4,5)6/h12-13,15,21H,11H2,1-10H3,(H,19,20)/t15-/m0/s1. The van der Waals surface area contributed by atoms with Gasteiger partial charge in [0.05, 0.1) is 6.33 Å². The van der Waals surface area contributed by atoms with Gasteiger partial charge in [0.25, 0.3) is 8.32 Å². The Balaban J connectivity index is 3.04. The van der Waals surface area contributed by atoms with Gasteiger partial charge < -0.3 is 14.4 Å². The molecule has 0 fully saturated rings. The van der Waals surface area contributed by atoms with Gasteiger partial charge in [0.1, 0.15) is 14.3 Å². The molecule has 1 aromatic rings. The lowest BCUT2D eigenvalue weighted by Gasteiger charge is -2.41. The van der Waals surface area contributed by atoms with Crippen molar-refractivity contribution in [3.8, 4) is 0 Å². The van der Waals surface area contributed by atoms with Crippen LogP contribution in [0.1, 0.15) is 47.2 Å². The van der Waals surface area contributed by atoms with Crippen molar-refractivity contribution >= 4 is 22.5 Å². The monoisotopic (exact) mass is 383 g/mol. The molecule has 0 bridgehead atoms. The van der Waals surface area contributed by atoms with Crippen LogP contribution >= 0.6 is 0 Å². The number of imidazole rings is 1. The molecule has 0 unspecified atom stereocenters. The first kappa shape index (κ1) is 22.1. The average molecular weight is 384 g/mol. The molecule has 0 aliphatic rings. The number of aromatic nitrogens is 2. The maximum absolute atomic E-state index is 13.1. The largest absolute Gasteiger partial charge is 0.518 e. The molecule has 1 aromatic heterocycles. The highest BCUT2D eigenvalue weighted by Crippen LogP contribution is 2.37. The quantitative estimate of drug-likeness (QED) is 0.712. The summed E-state index contributed by atoms with van der Waals surface area (Å²) in [5, 5.41) is 0.134. The minimum Gasteiger partial charge on any atom is -0.518 e. The number of rotatable bonds is 6. The highest BCUT2D eigenvalue weighted by Gasteiger charge is 2.44. The fourth-order valence-electron chi connectivity index (χ4n) is 1.94. The molecule has 7 heteroatoms. The van der Waals surface area contributed by atoms with Crippen molar-refractivity contribution < 1.29 is 9.22 Å². The Bertz CT molecular complexity index is 570. The zero-order valence-electron chi connectivity index (χ0n) is 17.7. The smallest absolute Gasteiger partial charge is 0.309 e. The van der Waals surface area contributed by atoms with Crippen molar-refractivity contribution in [3.05, 3.63) is 18.2 Å². The van der Waals surface area contributed by atoms with Crippen molar-refractivity contribution in [2.75, 3.05) is 0 Å². The molecule has 1 atom stereocenters. The lowest BCUT2D eigenvalue weighted by molar-refractivity contribution is -0.137. The van der Waals surface area contributed by atoms with Crippen LogP contribution in [0.2, 0.25) is 36.3 Å². The van der Waals surface area contributed by atoms with Crippen molar-refractivity contribution in [2.24, 2.45) is 0 Å². The first-order chi connectivity index (χ1) is 11.1. The highest BCUT2D eigenvalue weighted by atomic mass is 28.4. The van der Waals surface area contributed by atoms with E-state index < -0.39 is 16.6 Å². The number of hydrogen-bond acceptors (Lipinski definition) is 4. The predicted octanol–water partition coefficient (Wildman–Crippen LogP) is 4.46. The van der Waals surface area contributed by atoms with E-state index in [1.54, 1.807) is 12.5 Å². The predicted molar refractivity (Wildman–Crippen MR) is 110 cm³/mol. The van der Waals surface area contributed by atoms with Gasteiger partial charge in [-0.3, -0.25) is 4.79 Å². The number of carbonyl (C=O) groups is 1. The molecule has 0 amide bonds. The van der Waals surface area contributed by atoms with E-state index in [9.17, 15) is 4.79 Å². The molecule has 0 aliphatic heterocycles. The molecular formula is C18H37N3O2Si2. The Labute approximate surface area is 155 Å². The molecule has 0 radical (unpaired) electrons. The van der Waals surface area contributed by atoms with Gasteiger partial charge in [0.2, 0.25) is 0 Å². The summed E-state index contributed by atoms with van der Waals surface area (Å²) in [5.74, 6) is -0.133. The van der Waals surface area contributed by atoms with Crippen molar-refractivity contribution in [1.82, 2.24) is 15.0 Å². The zero-order chi connectivity index (χ0) is 19.7. The number of nitrogens with zero attached hydrogens (tertiary/aromatic N) is 1. The molecule has 0 aromatic carbocycles. The number of H-pyrrole nitrogens is 1. The van der Waals surface area contributed by atoms with E-state index >= 15 is 0 Å². The summed E-state index contributed by atoms with van der Waals surface area (Å²) in [6.07, 6.45) is 4.00. The summed E-state index contributed by atoms with van der Waals surface area (Å²) in [4.78, 5) is 23.9. The maximum atomic E-state index is 13.1. The van der Waals surface area contributed by atoms with Crippen LogP contribution in [0.4, 0.5) is 0 Å². The van der Waals surface area contributed by atoms with Gasteiger partial charge >= 0.3 is 5.97 Å². The molecule has 5 nitrogen and oxygen atoms in total. The van der Waals surface area contributed by atoms with Crippen molar-refractivity contribution in [2.45, 2.75) is 90.3 Å². The number of hydrogen-bond donors (Lipinski definition) is 2. The Hall–Kier alpha value is -0.926. The number of nitrogens with one attached hydrogen (secondary N) is 2. The van der Waals surface area contributed by atoms with E-state index in [1.165, 1.54) is 0 Å². The van der Waals surface area contributed by atoms with Gasteiger partial charge in [-0.2, -0.15) is 0 Å². The third kappa shape index (κ3) is 5.79. The van der Waals surface area contributed by atoms with Crippen LogP contribution in [-0.4, -0.2) is 38.5 Å². The summed E-state index contributed by atoms with van der Waals surface area (Å²) < 4.78 is 6.10. The molecule has 144 valence electrons. The molecule has 0 spiro atoms. The van der Waals surface area contributed by atoms with Crippen LogP contribution in [0.3, 0.4) is 0 Å². The molecule has 1 heterocycles. The minimum atomic E-state index is -2.15. The van der Waals surface area contributed by atoms with Crippen molar-refractivity contribution in [1.29, 1.82) is 0 Å². The summed E-state index contributed by atoms with van der Waals surface area (Å²) in [7, 11) is -4.01. The fraction of sp³-hybridized carbons (Fsp3) is 0.778. The third-order valence-corrected chi connectivity index (χ3v) is 15.0. The second kappa shape index (κ2) is 7.36. The van der Waals surface area contributed by atoms with Gasteiger partial charge in [-0.25, -0.2) is 4.98 Å². The van der Waals surface area contributed by atoms with Crippen LogP contribution in [0, 0.1) is 0 Å². The number of aromatic amines is 1. The van der Waals surface area contributed by atoms with Crippen LogP contribution in [0.25, 0.3) is 0 Å². The summed E-state index contributed by atoms with van der Waals surface area (Å²) in [5.41, 5.74) is 0.948. The Morgan fingerprint density at radius 3 is 2.12 bits per heavy atom. The average Bonchev–Trinajstić information content (AvgIpc) is 2.87. The van der Waals surface area contributed by atoms with Crippen LogP contribution in [0.5, 0.6) is 0 Å². The Morgan fingerprint density at radius 1 is 1.16 bits per heavy atom. The number of carbonyl (C=O) groups excluding carboxylic acids is 1. The van der Waals surface area contributed by atoms with Crippen molar-refractivity contribution in [3.63, 3.8) is 0 Å². The van der Waals surface area contributed by atoms with Gasteiger partial charge in [-0.15, -0.1) is 0 Å². The molecule has 2 N–H and O–H groups in total. The summed E-state index contributed by atoms with van der Waals surface area (Å²) >= 11 is 0. The Kier molecular flexibility index (Phi) is 6.51. The fourth-order valence-corrected chi connectivity index (χ4v) is 4.41. The van der Waals surface area contributed by atoms with Gasteiger partial charge in [-0.1, -0.05) is 54.6 Å². The second-order valence-corrected chi connectivity index (χ2v) is 19.8. The van der Waals surface area contributed by atoms with E-state index in [-0.39, 0.29) is 22.1 Å². The van der Waals surface area contributed by atoms with E-state index in [2.05, 4.69) is 82.7 Å². The third-order valence-electron chi connectivity index (χ3n) is 5.84. The summed E-state index contributed by atoms with van der Waals surface area (Å²) in [6, 6.07) is -0.351. The van der Waals surface area contributed by atoms with Gasteiger partial charge in [0.15, 0.2) is 0 Å². The Morgan fingerprint density at radius 2 is 1.72 bits per heavy atom. The topological polar surface area (TPSA) is 67.0 Å². The highest BCUT2D eigenvalue weighted by molar-refractivity contribution is 6.78. The maximum Gasteiger partial charge on any atom is 0.309 e. The van der Waals surface area contributed by atoms with E-state index in [4.69, 9.17) is 4.43 Å². The van der Waals surface area contributed by atoms with Gasteiger partial charge in [0, 0.05) is 18.3 Å². The van der Waals surface area contributed by atoms with E-state index in [1.807, 2.05) is 0 Å². The van der Waals surface area contributed by atoms with Crippen LogP contribution in [0.15, 0.2) is 12.5 Å². The van der Waals surface area contributed by atoms with Crippen LogP contribution < -0.4 is 4.98 Å². The molecule has 0 saturated carbocycles. The van der Waals surface area contributed by atoms with E-state index in [0.717, 1.165) is 5.69 Å². The van der Waals surface area contributed by atoms with E-state index in [0.29, 0.717) is 6.42 Å². The lowest BCUT2D eigenvalue weighted by Crippen LogP contribution is -2.60. The first-order valence-corrected chi connectivity index (χ1v) is 15.0. The van der Waals surface area contributed by atoms with Gasteiger partial charge in [-0.05, 0) is 23.2 Å². The molecular weight excluding hydrogens is 346 g/mol. The van der Waals surface area contributed by atoms with Crippen LogP contribution in [-0.2, 0) is 15.6 Å².